The molecular weight excluding hydrogens is 793 g/mol. The summed E-state index contributed by atoms with van der Waals surface area (Å²) in [6.45, 7) is 15.7. The third-order valence-corrected chi connectivity index (χ3v) is 17.8. The van der Waals surface area contributed by atoms with Gasteiger partial charge in [0.1, 0.15) is 42.7 Å². The summed E-state index contributed by atoms with van der Waals surface area (Å²) in [7, 11) is 0. The number of carboxylic acids is 1. The molecule has 4 saturated carbocycles. The summed E-state index contributed by atoms with van der Waals surface area (Å²) in [5.74, 6) is -0.793. The number of aliphatic hydroxyl groups excluding tert-OH is 5. The average Bonchev–Trinajstić information content (AvgIpc) is 3.14. The molecule has 6 fully saturated rings. The first kappa shape index (κ1) is 44.9. The molecule has 7 aliphatic rings. The molecule has 0 radical (unpaired) electrons. The number of allylic oxidation sites excluding steroid dienone is 2. The first-order valence-electron chi connectivity index (χ1n) is 21.4. The number of rotatable bonds is 8. The number of fused-ring (bicyclic) bond motifs is 7. The first-order chi connectivity index (χ1) is 26.9. The Morgan fingerprint density at radius 2 is 1.55 bits per heavy atom. The molecule has 7 N–H and O–H groups in total. The summed E-state index contributed by atoms with van der Waals surface area (Å²) in [5, 5.41) is 66.4. The van der Waals surface area contributed by atoms with Gasteiger partial charge in [-0.15, -0.1) is 0 Å². The molecule has 15 heteroatoms. The second-order valence-corrected chi connectivity index (χ2v) is 22.2. The largest absolute Gasteiger partial charge is 0.481 e. The number of carbonyl (C=O) groups excluding carboxylic acids is 1. The third kappa shape index (κ3) is 7.10. The second kappa shape index (κ2) is 15.6. The van der Waals surface area contributed by atoms with Crippen LogP contribution in [0.25, 0.3) is 0 Å². The minimum Gasteiger partial charge on any atom is -0.481 e. The smallest absolute Gasteiger partial charge is 0.310 e. The summed E-state index contributed by atoms with van der Waals surface area (Å²) in [6.07, 6.45) is -0.731. The van der Waals surface area contributed by atoms with Crippen LogP contribution >= 0.6 is 23.2 Å². The van der Waals surface area contributed by atoms with Crippen molar-refractivity contribution in [3.05, 3.63) is 11.6 Å². The van der Waals surface area contributed by atoms with E-state index in [0.29, 0.717) is 18.8 Å². The Morgan fingerprint density at radius 1 is 0.862 bits per heavy atom. The molecule has 58 heavy (non-hydrogen) atoms. The fraction of sp³-hybridized carbons (Fsp3) is 0.907. The van der Waals surface area contributed by atoms with E-state index in [-0.39, 0.29) is 52.8 Å². The molecule has 2 aliphatic heterocycles. The number of halogens is 2. The highest BCUT2D eigenvalue weighted by atomic mass is 35.5. The van der Waals surface area contributed by atoms with Crippen LogP contribution in [0.3, 0.4) is 0 Å². The van der Waals surface area contributed by atoms with E-state index in [2.05, 4.69) is 59.9 Å². The van der Waals surface area contributed by atoms with E-state index in [4.69, 9.17) is 42.1 Å². The maximum Gasteiger partial charge on any atom is 0.310 e. The molecule has 0 aromatic carbocycles. The Morgan fingerprint density at radius 3 is 2.22 bits per heavy atom. The molecule has 0 spiro atoms. The summed E-state index contributed by atoms with van der Waals surface area (Å²) >= 11 is 11.8. The maximum atomic E-state index is 13.1. The average molecular weight is 861 g/mol. The molecule has 0 bridgehead atoms. The quantitative estimate of drug-likeness (QED) is 0.103. The van der Waals surface area contributed by atoms with E-state index in [1.807, 2.05) is 0 Å². The minimum atomic E-state index is -1.59. The van der Waals surface area contributed by atoms with Crippen molar-refractivity contribution < 1.29 is 59.2 Å². The molecule has 0 aromatic rings. The highest BCUT2D eigenvalue weighted by Gasteiger charge is 2.69. The lowest BCUT2D eigenvalue weighted by Crippen LogP contribution is -2.68. The number of alkyl halides is 2. The summed E-state index contributed by atoms with van der Waals surface area (Å²) < 4.78 is 24.2. The van der Waals surface area contributed by atoms with Crippen molar-refractivity contribution in [3.8, 4) is 0 Å². The van der Waals surface area contributed by atoms with Crippen molar-refractivity contribution in [1.82, 2.24) is 5.32 Å². The molecule has 1 amide bonds. The first-order valence-corrected chi connectivity index (χ1v) is 22.3. The van der Waals surface area contributed by atoms with Gasteiger partial charge in [0.15, 0.2) is 17.4 Å². The van der Waals surface area contributed by atoms with Gasteiger partial charge >= 0.3 is 5.97 Å². The monoisotopic (exact) mass is 859 g/mol. The van der Waals surface area contributed by atoms with Crippen molar-refractivity contribution in [2.45, 2.75) is 179 Å². The molecular formula is C43H67Cl2NO12. The number of hydrogen-bond acceptors (Lipinski definition) is 11. The van der Waals surface area contributed by atoms with Crippen LogP contribution in [0.2, 0.25) is 0 Å². The number of carboxylic acid groups (broad SMARTS) is 1. The molecule has 13 nitrogen and oxygen atoms in total. The van der Waals surface area contributed by atoms with Crippen molar-refractivity contribution in [2.24, 2.45) is 50.2 Å². The van der Waals surface area contributed by atoms with Gasteiger partial charge in [-0.2, -0.15) is 0 Å². The zero-order valence-corrected chi connectivity index (χ0v) is 36.5. The predicted molar refractivity (Wildman–Crippen MR) is 213 cm³/mol. The number of aliphatic carboxylic acids is 1. The Kier molecular flexibility index (Phi) is 12.1. The molecule has 0 unspecified atom stereocenters. The standard InChI is InChI=1S/C43H67Cl2NO12/c1-38(2)14-16-43(37(53)54)17-15-41(6)21(22(43)18-38)8-9-26-40(5)12-11-27(39(3,4)25(40)10-13-42(26,41)7)58-35-28(46-34(52)33(44)45)31(50)30(49)24(57-35)20-56-36-32(51)29(48)23(47)19-55-36/h8,22-33,35-36,47-51H,9-20H2,1-7H3,(H,46,52)(H,53,54)/t22-,23-,24+,25-,26+,27-,28+,29-,30+,31+,32+,35-,36-,40-,41+,42+,43-/m0/s1. The molecule has 2 saturated heterocycles. The van der Waals surface area contributed by atoms with Crippen molar-refractivity contribution in [2.75, 3.05) is 13.2 Å². The van der Waals surface area contributed by atoms with Crippen LogP contribution in [0.15, 0.2) is 11.6 Å². The highest BCUT2D eigenvalue weighted by Crippen LogP contribution is 2.76. The third-order valence-electron chi connectivity index (χ3n) is 17.4. The Balaban J connectivity index is 1.13. The van der Waals surface area contributed by atoms with Crippen molar-refractivity contribution >= 4 is 35.1 Å². The van der Waals surface area contributed by atoms with Crippen LogP contribution in [-0.2, 0) is 28.5 Å². The van der Waals surface area contributed by atoms with Gasteiger partial charge in [0.2, 0.25) is 0 Å². The zero-order chi connectivity index (χ0) is 42.5. The number of aliphatic hydroxyl groups is 5. The molecule has 5 aliphatic carbocycles. The van der Waals surface area contributed by atoms with Gasteiger partial charge in [-0.1, -0.05) is 83.3 Å². The second-order valence-electron chi connectivity index (χ2n) is 21.1. The maximum absolute atomic E-state index is 13.1. The van der Waals surface area contributed by atoms with Gasteiger partial charge in [-0.05, 0) is 109 Å². The lowest BCUT2D eigenvalue weighted by molar-refractivity contribution is -0.322. The van der Waals surface area contributed by atoms with E-state index in [1.54, 1.807) is 0 Å². The topological polar surface area (TPSA) is 204 Å². The van der Waals surface area contributed by atoms with E-state index >= 15 is 0 Å². The summed E-state index contributed by atoms with van der Waals surface area (Å²) in [6, 6.07) is -1.25. The van der Waals surface area contributed by atoms with Crippen LogP contribution in [0, 0.1) is 50.2 Å². The number of ether oxygens (including phenoxy) is 4. The van der Waals surface area contributed by atoms with Gasteiger partial charge in [0.05, 0.1) is 24.7 Å². The lowest BCUT2D eigenvalue weighted by atomic mass is 9.33. The van der Waals surface area contributed by atoms with E-state index in [1.165, 1.54) is 5.57 Å². The SMILES string of the molecule is CC1(C)CC[C@]2(C(=O)O)CC[C@]3(C)C(=CC[C@@H]4[C@@]5(C)CC[C@H](O[C@@H]6O[C@H](CO[C@@H]7OC[C@H](O)[C@H](O)[C@H]7O)[C@@H](O)[C@H](O)[C@H]6NC(=O)C(Cl)Cl)C(C)(C)[C@@H]5CC[C@]43C)[C@@H]2C1. The van der Waals surface area contributed by atoms with Crippen molar-refractivity contribution in [3.63, 3.8) is 0 Å². The summed E-state index contributed by atoms with van der Waals surface area (Å²) in [5.41, 5.74) is 0.174. The molecule has 330 valence electrons. The highest BCUT2D eigenvalue weighted by molar-refractivity contribution is 6.53. The van der Waals surface area contributed by atoms with E-state index < -0.39 is 82.8 Å². The lowest BCUT2D eigenvalue weighted by Gasteiger charge is -2.71. The fourth-order valence-corrected chi connectivity index (χ4v) is 13.8. The van der Waals surface area contributed by atoms with Gasteiger partial charge in [-0.3, -0.25) is 9.59 Å². The zero-order valence-electron chi connectivity index (χ0n) is 35.0. The molecule has 17 atom stereocenters. The predicted octanol–water partition coefficient (Wildman–Crippen LogP) is 4.45. The van der Waals surface area contributed by atoms with E-state index in [9.17, 15) is 40.2 Å². The van der Waals surface area contributed by atoms with Crippen molar-refractivity contribution in [1.29, 1.82) is 0 Å². The normalized spacial score (nSPS) is 49.7. The minimum absolute atomic E-state index is 0.0306. The molecule has 0 aromatic heterocycles. The molecule has 7 rings (SSSR count). The number of carbonyl (C=O) groups is 2. The van der Waals surface area contributed by atoms with E-state index in [0.717, 1.165) is 51.4 Å². The summed E-state index contributed by atoms with van der Waals surface area (Å²) in [4.78, 5) is 24.4. The van der Waals surface area contributed by atoms with Crippen LogP contribution in [0.5, 0.6) is 0 Å². The van der Waals surface area contributed by atoms with Crippen LogP contribution in [0.4, 0.5) is 0 Å². The number of hydrogen-bond donors (Lipinski definition) is 7. The van der Waals surface area contributed by atoms with Gasteiger partial charge in [0.25, 0.3) is 5.91 Å². The Bertz CT molecular complexity index is 1610. The van der Waals surface area contributed by atoms with Gasteiger partial charge in [0, 0.05) is 0 Å². The fourth-order valence-electron chi connectivity index (χ4n) is 13.7. The Labute approximate surface area is 352 Å². The van der Waals surface area contributed by atoms with Gasteiger partial charge in [-0.25, -0.2) is 0 Å². The van der Waals surface area contributed by atoms with Crippen LogP contribution in [0.1, 0.15) is 113 Å². The van der Waals surface area contributed by atoms with Gasteiger partial charge < -0.3 is 54.9 Å². The molecule has 2 heterocycles. The number of nitrogens with one attached hydrogen (secondary N) is 1. The van der Waals surface area contributed by atoms with Crippen LogP contribution < -0.4 is 5.32 Å². The number of amides is 1. The van der Waals surface area contributed by atoms with Crippen LogP contribution in [-0.4, -0.2) is 122 Å². The Hall–Kier alpha value is -1.10.